The van der Waals surface area contributed by atoms with E-state index in [2.05, 4.69) is 21.7 Å². The van der Waals surface area contributed by atoms with E-state index in [1.165, 1.54) is 7.11 Å². The lowest BCUT2D eigenvalue weighted by atomic mass is 10.0. The third-order valence-corrected chi connectivity index (χ3v) is 5.47. The highest BCUT2D eigenvalue weighted by Gasteiger charge is 2.29. The fraction of sp³-hybridized carbons (Fsp3) is 0.565. The highest BCUT2D eigenvalue weighted by molar-refractivity contribution is 5.90. The number of nitrogens with zero attached hydrogens (tertiary/aromatic N) is 4. The number of piperidine rings is 1. The Balaban J connectivity index is 1.72. The van der Waals surface area contributed by atoms with E-state index in [0.717, 1.165) is 36.1 Å². The normalized spacial score (nSPS) is 15.1. The second-order valence-electron chi connectivity index (χ2n) is 8.81. The number of methoxy groups -OCH3 is 1. The Morgan fingerprint density at radius 3 is 2.48 bits per heavy atom. The topological polar surface area (TPSA) is 86.5 Å². The number of carbonyl (C=O) groups excluding carboxylic acids is 2. The first-order chi connectivity index (χ1) is 14.7. The zero-order valence-corrected chi connectivity index (χ0v) is 19.1. The van der Waals surface area contributed by atoms with E-state index in [1.807, 2.05) is 27.0 Å². The van der Waals surface area contributed by atoms with Gasteiger partial charge >= 0.3 is 12.1 Å². The molecule has 168 valence electrons. The molecule has 31 heavy (non-hydrogen) atoms. The molecule has 0 aromatic carbocycles. The predicted octanol–water partition coefficient (Wildman–Crippen LogP) is 3.79. The molecule has 8 nitrogen and oxygen atoms in total. The summed E-state index contributed by atoms with van der Waals surface area (Å²) in [5.41, 5.74) is 3.09. The molecule has 0 unspecified atom stereocenters. The Morgan fingerprint density at radius 1 is 1.16 bits per heavy atom. The standard InChI is InChI=1S/C23H32N4O4/c1-6-20-17(13-16-14-24-10-7-19(16)21(28)30-5)15-25-27(20)18-8-11-26(12-9-18)22(29)31-23(2,3)4/h7,10,14-15,18H,6,8-9,11-13H2,1-5H3. The van der Waals surface area contributed by atoms with Crippen LogP contribution < -0.4 is 0 Å². The molecule has 0 atom stereocenters. The van der Waals surface area contributed by atoms with Gasteiger partial charge in [-0.15, -0.1) is 0 Å². The number of hydrogen-bond acceptors (Lipinski definition) is 6. The van der Waals surface area contributed by atoms with Crippen molar-refractivity contribution in [2.24, 2.45) is 0 Å². The van der Waals surface area contributed by atoms with Gasteiger partial charge in [-0.25, -0.2) is 9.59 Å². The van der Waals surface area contributed by atoms with Crippen molar-refractivity contribution in [3.63, 3.8) is 0 Å². The van der Waals surface area contributed by atoms with Crippen LogP contribution in [0.15, 0.2) is 24.7 Å². The molecule has 1 aliphatic heterocycles. The average molecular weight is 429 g/mol. The van der Waals surface area contributed by atoms with Crippen LogP contribution in [-0.4, -0.2) is 57.5 Å². The van der Waals surface area contributed by atoms with Crippen LogP contribution >= 0.6 is 0 Å². The highest BCUT2D eigenvalue weighted by atomic mass is 16.6. The molecule has 0 radical (unpaired) electrons. The molecule has 8 heteroatoms. The molecule has 1 aliphatic rings. The first-order valence-corrected chi connectivity index (χ1v) is 10.8. The first-order valence-electron chi connectivity index (χ1n) is 10.8. The molecule has 1 saturated heterocycles. The molecular weight excluding hydrogens is 396 g/mol. The average Bonchev–Trinajstić information content (AvgIpc) is 3.15. The van der Waals surface area contributed by atoms with Gasteiger partial charge in [0, 0.05) is 37.6 Å². The maximum absolute atomic E-state index is 12.3. The van der Waals surface area contributed by atoms with E-state index in [-0.39, 0.29) is 18.1 Å². The van der Waals surface area contributed by atoms with Crippen LogP contribution in [0.1, 0.15) is 73.8 Å². The summed E-state index contributed by atoms with van der Waals surface area (Å²) in [5.74, 6) is -0.364. The van der Waals surface area contributed by atoms with Gasteiger partial charge < -0.3 is 14.4 Å². The molecule has 3 rings (SSSR count). The van der Waals surface area contributed by atoms with Crippen molar-refractivity contribution in [1.29, 1.82) is 0 Å². The predicted molar refractivity (Wildman–Crippen MR) is 116 cm³/mol. The minimum Gasteiger partial charge on any atom is -0.465 e. The lowest BCUT2D eigenvalue weighted by Crippen LogP contribution is -2.42. The van der Waals surface area contributed by atoms with Crippen LogP contribution in [0.3, 0.4) is 0 Å². The smallest absolute Gasteiger partial charge is 0.410 e. The van der Waals surface area contributed by atoms with Crippen molar-refractivity contribution in [3.05, 3.63) is 47.0 Å². The maximum atomic E-state index is 12.3. The Bertz CT molecular complexity index is 924. The monoisotopic (exact) mass is 428 g/mol. The fourth-order valence-electron chi connectivity index (χ4n) is 3.98. The summed E-state index contributed by atoms with van der Waals surface area (Å²) in [7, 11) is 1.38. The van der Waals surface area contributed by atoms with Crippen molar-refractivity contribution in [2.45, 2.75) is 65.0 Å². The number of rotatable bonds is 5. The van der Waals surface area contributed by atoms with Gasteiger partial charge in [0.2, 0.25) is 0 Å². The number of ether oxygens (including phenoxy) is 2. The molecule has 0 N–H and O–H groups in total. The molecule has 1 amide bonds. The summed E-state index contributed by atoms with van der Waals surface area (Å²) in [6, 6.07) is 1.92. The van der Waals surface area contributed by atoms with Gasteiger partial charge in [-0.05, 0) is 57.2 Å². The number of esters is 1. The third-order valence-electron chi connectivity index (χ3n) is 5.47. The van der Waals surface area contributed by atoms with E-state index in [0.29, 0.717) is 25.1 Å². The molecule has 3 heterocycles. The second kappa shape index (κ2) is 9.49. The van der Waals surface area contributed by atoms with E-state index >= 15 is 0 Å². The molecule has 2 aromatic heterocycles. The summed E-state index contributed by atoms with van der Waals surface area (Å²) in [5, 5.41) is 4.68. The van der Waals surface area contributed by atoms with Crippen LogP contribution in [0, 0.1) is 0 Å². The minimum atomic E-state index is -0.491. The lowest BCUT2D eigenvalue weighted by Gasteiger charge is -2.34. The Hall–Kier alpha value is -2.90. The van der Waals surface area contributed by atoms with Gasteiger partial charge in [-0.1, -0.05) is 6.92 Å². The Kier molecular flexibility index (Phi) is 6.97. The summed E-state index contributed by atoms with van der Waals surface area (Å²) in [6.07, 6.45) is 7.98. The molecule has 0 bridgehead atoms. The zero-order valence-electron chi connectivity index (χ0n) is 19.1. The summed E-state index contributed by atoms with van der Waals surface area (Å²) in [6.45, 7) is 9.04. The third kappa shape index (κ3) is 5.42. The van der Waals surface area contributed by atoms with Crippen LogP contribution in [-0.2, 0) is 22.3 Å². The molecular formula is C23H32N4O4. The zero-order chi connectivity index (χ0) is 22.6. The molecule has 1 fully saturated rings. The van der Waals surface area contributed by atoms with Crippen molar-refractivity contribution >= 4 is 12.1 Å². The molecule has 0 aliphatic carbocycles. The summed E-state index contributed by atoms with van der Waals surface area (Å²) < 4.78 is 12.5. The van der Waals surface area contributed by atoms with Crippen molar-refractivity contribution < 1.29 is 19.1 Å². The largest absolute Gasteiger partial charge is 0.465 e. The van der Waals surface area contributed by atoms with Gasteiger partial charge in [-0.2, -0.15) is 5.10 Å². The Labute approximate surface area is 183 Å². The van der Waals surface area contributed by atoms with E-state index in [9.17, 15) is 9.59 Å². The van der Waals surface area contributed by atoms with E-state index < -0.39 is 5.60 Å². The van der Waals surface area contributed by atoms with Gasteiger partial charge in [-0.3, -0.25) is 9.67 Å². The number of amides is 1. The van der Waals surface area contributed by atoms with Crippen molar-refractivity contribution in [2.75, 3.05) is 20.2 Å². The number of aromatic nitrogens is 3. The molecule has 0 spiro atoms. The minimum absolute atomic E-state index is 0.233. The van der Waals surface area contributed by atoms with Crippen molar-refractivity contribution in [1.82, 2.24) is 19.7 Å². The lowest BCUT2D eigenvalue weighted by molar-refractivity contribution is 0.0184. The summed E-state index contributed by atoms with van der Waals surface area (Å²) >= 11 is 0. The fourth-order valence-corrected chi connectivity index (χ4v) is 3.98. The Morgan fingerprint density at radius 2 is 1.87 bits per heavy atom. The van der Waals surface area contributed by atoms with E-state index in [4.69, 9.17) is 9.47 Å². The number of hydrogen-bond donors (Lipinski definition) is 0. The number of carbonyl (C=O) groups is 2. The van der Waals surface area contributed by atoms with Gasteiger partial charge in [0.15, 0.2) is 0 Å². The van der Waals surface area contributed by atoms with Gasteiger partial charge in [0.1, 0.15) is 5.60 Å². The summed E-state index contributed by atoms with van der Waals surface area (Å²) in [4.78, 5) is 30.4. The quantitative estimate of drug-likeness (QED) is 0.674. The van der Waals surface area contributed by atoms with Crippen LogP contribution in [0.5, 0.6) is 0 Å². The molecule has 0 saturated carbocycles. The first kappa shape index (κ1) is 22.8. The number of pyridine rings is 1. The van der Waals surface area contributed by atoms with Crippen LogP contribution in [0.25, 0.3) is 0 Å². The van der Waals surface area contributed by atoms with E-state index in [1.54, 1.807) is 23.4 Å². The van der Waals surface area contributed by atoms with Crippen molar-refractivity contribution in [3.8, 4) is 0 Å². The van der Waals surface area contributed by atoms with Crippen LogP contribution in [0.2, 0.25) is 0 Å². The number of likely N-dealkylation sites (tertiary alicyclic amines) is 1. The SMILES string of the molecule is CCc1c(Cc2cnccc2C(=O)OC)cnn1C1CCN(C(=O)OC(C)(C)C)CC1. The molecule has 2 aromatic rings. The van der Waals surface area contributed by atoms with Crippen LogP contribution in [0.4, 0.5) is 4.79 Å². The highest BCUT2D eigenvalue weighted by Crippen LogP contribution is 2.27. The second-order valence-corrected chi connectivity index (χ2v) is 8.81. The van der Waals surface area contributed by atoms with Gasteiger partial charge in [0.25, 0.3) is 0 Å². The maximum Gasteiger partial charge on any atom is 0.410 e. The van der Waals surface area contributed by atoms with Gasteiger partial charge in [0.05, 0.1) is 24.9 Å².